The van der Waals surface area contributed by atoms with E-state index in [1.807, 2.05) is 0 Å². The van der Waals surface area contributed by atoms with E-state index in [0.29, 0.717) is 5.41 Å². The molecule has 110 valence electrons. The van der Waals surface area contributed by atoms with Crippen molar-refractivity contribution >= 4 is 0 Å². The van der Waals surface area contributed by atoms with Gasteiger partial charge in [0.2, 0.25) is 0 Å². The van der Waals surface area contributed by atoms with Crippen LogP contribution in [0.5, 0.6) is 5.75 Å². The third-order valence-electron chi connectivity index (χ3n) is 4.64. The molecule has 1 heterocycles. The van der Waals surface area contributed by atoms with Crippen LogP contribution in [0.1, 0.15) is 31.7 Å². The van der Waals surface area contributed by atoms with Crippen LogP contribution in [0.3, 0.4) is 0 Å². The van der Waals surface area contributed by atoms with Crippen molar-refractivity contribution in [2.24, 2.45) is 17.1 Å². The molecule has 0 bridgehead atoms. The number of benzene rings is 1. The SMILES string of the molecule is CC1(CN)CCN(Cc2ccc(OCC3CC3)cc2)C1. The van der Waals surface area contributed by atoms with Gasteiger partial charge in [-0.1, -0.05) is 19.1 Å². The van der Waals surface area contributed by atoms with Crippen LogP contribution in [0.4, 0.5) is 0 Å². The lowest BCUT2D eigenvalue weighted by atomic mass is 9.90. The van der Waals surface area contributed by atoms with Gasteiger partial charge < -0.3 is 10.5 Å². The van der Waals surface area contributed by atoms with E-state index >= 15 is 0 Å². The Labute approximate surface area is 122 Å². The van der Waals surface area contributed by atoms with Crippen LogP contribution < -0.4 is 10.5 Å². The van der Waals surface area contributed by atoms with Crippen molar-refractivity contribution in [3.05, 3.63) is 29.8 Å². The Kier molecular flexibility index (Phi) is 3.99. The molecule has 1 aliphatic heterocycles. The normalized spacial score (nSPS) is 26.9. The smallest absolute Gasteiger partial charge is 0.119 e. The van der Waals surface area contributed by atoms with Gasteiger partial charge in [-0.05, 0) is 61.4 Å². The molecule has 2 fully saturated rings. The van der Waals surface area contributed by atoms with Gasteiger partial charge >= 0.3 is 0 Å². The molecule has 1 unspecified atom stereocenters. The topological polar surface area (TPSA) is 38.5 Å². The van der Waals surface area contributed by atoms with E-state index in [1.165, 1.54) is 24.8 Å². The van der Waals surface area contributed by atoms with E-state index in [-0.39, 0.29) is 0 Å². The zero-order valence-electron chi connectivity index (χ0n) is 12.5. The molecule has 1 aliphatic carbocycles. The second-order valence-electron chi connectivity index (χ2n) is 6.87. The Morgan fingerprint density at radius 1 is 1.30 bits per heavy atom. The third kappa shape index (κ3) is 3.53. The average molecular weight is 274 g/mol. The van der Waals surface area contributed by atoms with Gasteiger partial charge in [0.1, 0.15) is 5.75 Å². The zero-order valence-corrected chi connectivity index (χ0v) is 12.5. The Bertz CT molecular complexity index is 441. The predicted molar refractivity (Wildman–Crippen MR) is 81.7 cm³/mol. The summed E-state index contributed by atoms with van der Waals surface area (Å²) >= 11 is 0. The van der Waals surface area contributed by atoms with Gasteiger partial charge in [0.25, 0.3) is 0 Å². The molecule has 3 rings (SSSR count). The van der Waals surface area contributed by atoms with Gasteiger partial charge in [-0.3, -0.25) is 4.90 Å². The largest absolute Gasteiger partial charge is 0.493 e. The molecule has 1 aromatic rings. The van der Waals surface area contributed by atoms with Crippen LogP contribution in [-0.4, -0.2) is 31.1 Å². The van der Waals surface area contributed by atoms with Crippen molar-refractivity contribution in [3.63, 3.8) is 0 Å². The number of rotatable bonds is 6. The monoisotopic (exact) mass is 274 g/mol. The van der Waals surface area contributed by atoms with Gasteiger partial charge in [0, 0.05) is 13.1 Å². The van der Waals surface area contributed by atoms with Gasteiger partial charge in [-0.2, -0.15) is 0 Å². The van der Waals surface area contributed by atoms with Crippen molar-refractivity contribution in [1.29, 1.82) is 0 Å². The molecular weight excluding hydrogens is 248 g/mol. The fourth-order valence-corrected chi connectivity index (χ4v) is 2.88. The lowest BCUT2D eigenvalue weighted by molar-refractivity contribution is 0.274. The summed E-state index contributed by atoms with van der Waals surface area (Å²) in [5.74, 6) is 1.82. The highest BCUT2D eigenvalue weighted by Crippen LogP contribution is 2.31. The van der Waals surface area contributed by atoms with Crippen LogP contribution in [0, 0.1) is 11.3 Å². The molecule has 20 heavy (non-hydrogen) atoms. The minimum atomic E-state index is 0.313. The fourth-order valence-electron chi connectivity index (χ4n) is 2.88. The maximum absolute atomic E-state index is 5.86. The van der Waals surface area contributed by atoms with Crippen molar-refractivity contribution in [1.82, 2.24) is 4.90 Å². The molecule has 1 saturated carbocycles. The van der Waals surface area contributed by atoms with E-state index in [9.17, 15) is 0 Å². The molecule has 0 aromatic heterocycles. The summed E-state index contributed by atoms with van der Waals surface area (Å²) in [5, 5.41) is 0. The first-order valence-electron chi connectivity index (χ1n) is 7.81. The average Bonchev–Trinajstić information content (AvgIpc) is 3.22. The van der Waals surface area contributed by atoms with Crippen LogP contribution >= 0.6 is 0 Å². The van der Waals surface area contributed by atoms with Gasteiger partial charge in [-0.15, -0.1) is 0 Å². The zero-order chi connectivity index (χ0) is 14.0. The number of ether oxygens (including phenoxy) is 1. The maximum atomic E-state index is 5.86. The number of nitrogens with two attached hydrogens (primary N) is 1. The van der Waals surface area contributed by atoms with Crippen LogP contribution in [0.2, 0.25) is 0 Å². The first kappa shape index (κ1) is 13.9. The van der Waals surface area contributed by atoms with Crippen molar-refractivity contribution < 1.29 is 4.74 Å². The molecule has 3 nitrogen and oxygen atoms in total. The van der Waals surface area contributed by atoms with E-state index in [2.05, 4.69) is 36.1 Å². The predicted octanol–water partition coefficient (Wildman–Crippen LogP) is 2.65. The van der Waals surface area contributed by atoms with Gasteiger partial charge in [0.05, 0.1) is 6.61 Å². The third-order valence-corrected chi connectivity index (χ3v) is 4.64. The lowest BCUT2D eigenvalue weighted by Gasteiger charge is -2.22. The summed E-state index contributed by atoms with van der Waals surface area (Å²) in [6, 6.07) is 8.60. The summed E-state index contributed by atoms with van der Waals surface area (Å²) in [6.45, 7) is 7.27. The Hall–Kier alpha value is -1.06. The Morgan fingerprint density at radius 2 is 2.05 bits per heavy atom. The van der Waals surface area contributed by atoms with Crippen LogP contribution in [-0.2, 0) is 6.54 Å². The minimum Gasteiger partial charge on any atom is -0.493 e. The summed E-state index contributed by atoms with van der Waals surface area (Å²) in [6.07, 6.45) is 3.89. The van der Waals surface area contributed by atoms with Crippen molar-refractivity contribution in [3.8, 4) is 5.75 Å². The van der Waals surface area contributed by atoms with E-state index in [1.54, 1.807) is 0 Å². The van der Waals surface area contributed by atoms with Gasteiger partial charge in [-0.25, -0.2) is 0 Å². The summed E-state index contributed by atoms with van der Waals surface area (Å²) in [5.41, 5.74) is 7.54. The standard InChI is InChI=1S/C17H26N2O/c1-17(12-18)8-9-19(13-17)10-14-4-6-16(7-5-14)20-11-15-2-3-15/h4-7,15H,2-3,8-13,18H2,1H3. The molecule has 2 aliphatic rings. The fraction of sp³-hybridized carbons (Fsp3) is 0.647. The highest BCUT2D eigenvalue weighted by atomic mass is 16.5. The summed E-state index contributed by atoms with van der Waals surface area (Å²) in [7, 11) is 0. The lowest BCUT2D eigenvalue weighted by Crippen LogP contribution is -2.31. The molecule has 1 saturated heterocycles. The van der Waals surface area contributed by atoms with Gasteiger partial charge in [0.15, 0.2) is 0 Å². The van der Waals surface area contributed by atoms with Crippen molar-refractivity contribution in [2.75, 3.05) is 26.2 Å². The molecule has 1 aromatic carbocycles. The summed E-state index contributed by atoms with van der Waals surface area (Å²) in [4.78, 5) is 2.51. The number of hydrogen-bond acceptors (Lipinski definition) is 3. The van der Waals surface area contributed by atoms with Crippen LogP contribution in [0.15, 0.2) is 24.3 Å². The summed E-state index contributed by atoms with van der Waals surface area (Å²) < 4.78 is 5.78. The molecule has 1 atom stereocenters. The first-order valence-corrected chi connectivity index (χ1v) is 7.81. The number of hydrogen-bond donors (Lipinski definition) is 1. The highest BCUT2D eigenvalue weighted by Gasteiger charge is 2.32. The Balaban J connectivity index is 1.50. The number of likely N-dealkylation sites (tertiary alicyclic amines) is 1. The van der Waals surface area contributed by atoms with Crippen LogP contribution in [0.25, 0.3) is 0 Å². The highest BCUT2D eigenvalue weighted by molar-refractivity contribution is 5.27. The molecular formula is C17H26N2O. The quantitative estimate of drug-likeness (QED) is 0.866. The van der Waals surface area contributed by atoms with E-state index in [4.69, 9.17) is 10.5 Å². The minimum absolute atomic E-state index is 0.313. The molecule has 2 N–H and O–H groups in total. The second kappa shape index (κ2) is 5.74. The van der Waals surface area contributed by atoms with E-state index < -0.39 is 0 Å². The Morgan fingerprint density at radius 3 is 2.65 bits per heavy atom. The number of nitrogens with zero attached hydrogens (tertiary/aromatic N) is 1. The van der Waals surface area contributed by atoms with E-state index in [0.717, 1.165) is 44.5 Å². The molecule has 0 spiro atoms. The molecule has 3 heteroatoms. The second-order valence-corrected chi connectivity index (χ2v) is 6.87. The molecule has 0 radical (unpaired) electrons. The first-order chi connectivity index (χ1) is 9.67. The molecule has 0 amide bonds. The van der Waals surface area contributed by atoms with Crippen molar-refractivity contribution in [2.45, 2.75) is 32.7 Å². The maximum Gasteiger partial charge on any atom is 0.119 e.